The number of alkyl halides is 3. The van der Waals surface area contributed by atoms with E-state index in [1.165, 1.54) is 75.8 Å². The molecule has 0 aliphatic rings. The van der Waals surface area contributed by atoms with Gasteiger partial charge in [-0.1, -0.05) is 146 Å². The van der Waals surface area contributed by atoms with Gasteiger partial charge in [0, 0.05) is 6.08 Å². The molecular formula is C43H55F3O4. The maximum Gasteiger partial charge on any atom is 0.425 e. The minimum Gasteiger partial charge on any atom is -0.450 e. The van der Waals surface area contributed by atoms with E-state index in [1.54, 1.807) is 36.4 Å². The number of benzene rings is 3. The van der Waals surface area contributed by atoms with Crippen LogP contribution in [0.4, 0.5) is 13.2 Å². The van der Waals surface area contributed by atoms with Crippen LogP contribution in [0.2, 0.25) is 0 Å². The van der Waals surface area contributed by atoms with Crippen LogP contribution in [-0.2, 0) is 16.0 Å². The quantitative estimate of drug-likeness (QED) is 0.0430. The summed E-state index contributed by atoms with van der Waals surface area (Å²) < 4.78 is 50.3. The lowest BCUT2D eigenvalue weighted by molar-refractivity contribution is -0.220. The van der Waals surface area contributed by atoms with Gasteiger partial charge in [0.25, 0.3) is 0 Å². The second-order valence-corrected chi connectivity index (χ2v) is 13.2. The summed E-state index contributed by atoms with van der Waals surface area (Å²) in [4.78, 5) is 24.9. The van der Waals surface area contributed by atoms with E-state index in [9.17, 15) is 22.8 Å². The molecule has 0 radical (unpaired) electrons. The number of carbonyl (C=O) groups is 2. The molecule has 4 nitrogen and oxygen atoms in total. The lowest BCUT2D eigenvalue weighted by Gasteiger charge is -2.19. The third kappa shape index (κ3) is 15.8. The fourth-order valence-electron chi connectivity index (χ4n) is 5.86. The van der Waals surface area contributed by atoms with Crippen LogP contribution in [0.25, 0.3) is 17.2 Å². The second-order valence-electron chi connectivity index (χ2n) is 13.2. The van der Waals surface area contributed by atoms with E-state index >= 15 is 0 Å². The molecule has 0 heterocycles. The maximum absolute atomic E-state index is 13.4. The van der Waals surface area contributed by atoms with Crippen molar-refractivity contribution in [2.75, 3.05) is 0 Å². The van der Waals surface area contributed by atoms with Gasteiger partial charge in [0.1, 0.15) is 5.75 Å². The number of esters is 2. The third-order valence-electron chi connectivity index (χ3n) is 8.92. The molecular weight excluding hydrogens is 637 g/mol. The van der Waals surface area contributed by atoms with Crippen LogP contribution >= 0.6 is 0 Å². The minimum absolute atomic E-state index is 0.248. The van der Waals surface area contributed by atoms with Crippen molar-refractivity contribution in [1.29, 1.82) is 0 Å². The summed E-state index contributed by atoms with van der Waals surface area (Å²) in [6.45, 7) is 4.29. The van der Waals surface area contributed by atoms with Gasteiger partial charge < -0.3 is 9.47 Å². The predicted octanol–water partition coefficient (Wildman–Crippen LogP) is 12.9. The molecule has 0 unspecified atom stereocenters. The standard InChI is InChI=1S/C43H55F3O4/c1-3-5-7-9-10-11-12-13-15-16-18-34-20-25-36(26-21-34)37-27-29-38(30-28-37)42(48)49-39-31-22-35(23-32-39)24-33-41(47)50-40(43(44,45)46)19-17-14-8-6-4-2/h20-33,40H,3-19H2,1-2H3/t40-/m1/s1. The Labute approximate surface area is 297 Å². The molecule has 1 atom stereocenters. The lowest BCUT2D eigenvalue weighted by atomic mass is 10.00. The first-order valence-corrected chi connectivity index (χ1v) is 18.7. The topological polar surface area (TPSA) is 52.6 Å². The normalized spacial score (nSPS) is 12.3. The maximum atomic E-state index is 13.4. The second kappa shape index (κ2) is 22.8. The van der Waals surface area contributed by atoms with Gasteiger partial charge in [-0.15, -0.1) is 0 Å². The van der Waals surface area contributed by atoms with Gasteiger partial charge in [0.05, 0.1) is 5.56 Å². The largest absolute Gasteiger partial charge is 0.450 e. The number of unbranched alkanes of at least 4 members (excludes halogenated alkanes) is 13. The predicted molar refractivity (Wildman–Crippen MR) is 197 cm³/mol. The number of halogens is 3. The highest BCUT2D eigenvalue weighted by Crippen LogP contribution is 2.28. The highest BCUT2D eigenvalue weighted by molar-refractivity contribution is 5.91. The monoisotopic (exact) mass is 692 g/mol. The Morgan fingerprint density at radius 3 is 1.68 bits per heavy atom. The van der Waals surface area contributed by atoms with Crippen molar-refractivity contribution in [2.45, 2.75) is 135 Å². The zero-order valence-electron chi connectivity index (χ0n) is 29.9. The van der Waals surface area contributed by atoms with Gasteiger partial charge in [-0.2, -0.15) is 13.2 Å². The molecule has 0 aliphatic carbocycles. The van der Waals surface area contributed by atoms with Gasteiger partial charge in [0.2, 0.25) is 0 Å². The minimum atomic E-state index is -4.61. The molecule has 0 N–H and O–H groups in total. The Bertz CT molecular complexity index is 1410. The fraction of sp³-hybridized carbons (Fsp3) is 0.488. The van der Waals surface area contributed by atoms with Crippen LogP contribution in [0.1, 0.15) is 138 Å². The molecule has 0 saturated carbocycles. The molecule has 50 heavy (non-hydrogen) atoms. The Morgan fingerprint density at radius 2 is 1.14 bits per heavy atom. The Morgan fingerprint density at radius 1 is 0.640 bits per heavy atom. The van der Waals surface area contributed by atoms with E-state index in [0.29, 0.717) is 29.7 Å². The first kappa shape index (κ1) is 40.6. The van der Waals surface area contributed by atoms with E-state index in [-0.39, 0.29) is 6.42 Å². The Hall–Kier alpha value is -3.87. The molecule has 0 aliphatic heterocycles. The van der Waals surface area contributed by atoms with Crippen LogP contribution in [0.5, 0.6) is 5.75 Å². The van der Waals surface area contributed by atoms with Crippen LogP contribution in [0, 0.1) is 0 Å². The number of ether oxygens (including phenoxy) is 2. The van der Waals surface area contributed by atoms with Crippen molar-refractivity contribution in [3.05, 3.63) is 95.6 Å². The molecule has 3 rings (SSSR count). The molecule has 7 heteroatoms. The summed E-state index contributed by atoms with van der Waals surface area (Å²) in [5.41, 5.74) is 4.38. The zero-order valence-corrected chi connectivity index (χ0v) is 29.9. The summed E-state index contributed by atoms with van der Waals surface area (Å²) in [6, 6.07) is 22.2. The first-order chi connectivity index (χ1) is 24.2. The van der Waals surface area contributed by atoms with E-state index in [0.717, 1.165) is 42.9 Å². The van der Waals surface area contributed by atoms with E-state index in [4.69, 9.17) is 9.47 Å². The van der Waals surface area contributed by atoms with Crippen molar-refractivity contribution in [2.24, 2.45) is 0 Å². The SMILES string of the molecule is CCCCCCCCCCCCc1ccc(-c2ccc(C(=O)Oc3ccc(C=CC(=O)O[C@H](CCCCCCC)C(F)(F)F)cc3)cc2)cc1. The van der Waals surface area contributed by atoms with Crippen molar-refractivity contribution >= 4 is 18.0 Å². The van der Waals surface area contributed by atoms with Gasteiger partial charge in [-0.3, -0.25) is 0 Å². The summed E-state index contributed by atoms with van der Waals surface area (Å²) in [5, 5.41) is 0. The zero-order chi connectivity index (χ0) is 36.0. The van der Waals surface area contributed by atoms with E-state index in [2.05, 4.69) is 31.2 Å². The van der Waals surface area contributed by atoms with Crippen LogP contribution in [-0.4, -0.2) is 24.2 Å². The summed E-state index contributed by atoms with van der Waals surface area (Å²) in [6.07, 6.45) is 13.6. The lowest BCUT2D eigenvalue weighted by Crippen LogP contribution is -2.33. The van der Waals surface area contributed by atoms with Crippen molar-refractivity contribution in [3.63, 3.8) is 0 Å². The van der Waals surface area contributed by atoms with E-state index < -0.39 is 24.2 Å². The molecule has 0 bridgehead atoms. The molecule has 0 amide bonds. The Kier molecular flexibility index (Phi) is 18.5. The number of carbonyl (C=O) groups excluding carboxylic acids is 2. The average Bonchev–Trinajstić information content (AvgIpc) is 3.11. The van der Waals surface area contributed by atoms with Gasteiger partial charge in [0.15, 0.2) is 6.10 Å². The Balaban J connectivity index is 1.41. The smallest absolute Gasteiger partial charge is 0.425 e. The number of rotatable bonds is 23. The highest BCUT2D eigenvalue weighted by Gasteiger charge is 2.42. The van der Waals surface area contributed by atoms with Crippen LogP contribution < -0.4 is 4.74 Å². The summed E-state index contributed by atoms with van der Waals surface area (Å²) in [5.74, 6) is -1.26. The van der Waals surface area contributed by atoms with Gasteiger partial charge in [-0.25, -0.2) is 9.59 Å². The first-order valence-electron chi connectivity index (χ1n) is 18.7. The van der Waals surface area contributed by atoms with E-state index in [1.807, 2.05) is 19.1 Å². The van der Waals surface area contributed by atoms with Crippen LogP contribution in [0.15, 0.2) is 78.9 Å². The van der Waals surface area contributed by atoms with Crippen LogP contribution in [0.3, 0.4) is 0 Å². The number of aryl methyl sites for hydroxylation is 1. The van der Waals surface area contributed by atoms with Gasteiger partial charge in [-0.05, 0) is 78.3 Å². The number of hydrogen-bond acceptors (Lipinski definition) is 4. The summed E-state index contributed by atoms with van der Waals surface area (Å²) in [7, 11) is 0. The molecule has 0 aromatic heterocycles. The fourth-order valence-corrected chi connectivity index (χ4v) is 5.86. The van der Waals surface area contributed by atoms with Gasteiger partial charge >= 0.3 is 18.1 Å². The molecule has 272 valence electrons. The summed E-state index contributed by atoms with van der Waals surface area (Å²) >= 11 is 0. The van der Waals surface area contributed by atoms with Crippen molar-refractivity contribution in [3.8, 4) is 16.9 Å². The average molecular weight is 693 g/mol. The number of hydrogen-bond donors (Lipinski definition) is 0. The third-order valence-corrected chi connectivity index (χ3v) is 8.92. The highest BCUT2D eigenvalue weighted by atomic mass is 19.4. The molecule has 0 spiro atoms. The van der Waals surface area contributed by atoms with Crippen molar-refractivity contribution < 1.29 is 32.2 Å². The van der Waals surface area contributed by atoms with Crippen molar-refractivity contribution in [1.82, 2.24) is 0 Å². The molecule has 3 aromatic rings. The molecule has 0 saturated heterocycles. The molecule has 3 aromatic carbocycles. The molecule has 0 fully saturated rings.